The zero-order valence-electron chi connectivity index (χ0n) is 39.1. The highest BCUT2D eigenvalue weighted by molar-refractivity contribution is 6.00. The first-order valence-electron chi connectivity index (χ1n) is 23.3. The highest BCUT2D eigenvalue weighted by atomic mass is 19.1. The predicted molar refractivity (Wildman–Crippen MR) is 240 cm³/mol. The zero-order chi connectivity index (χ0) is 50.2. The fourth-order valence-corrected chi connectivity index (χ4v) is 9.68. The van der Waals surface area contributed by atoms with E-state index in [9.17, 15) is 39.6 Å². The van der Waals surface area contributed by atoms with Crippen LogP contribution >= 0.6 is 0 Å². The van der Waals surface area contributed by atoms with Crippen molar-refractivity contribution in [2.75, 3.05) is 51.6 Å². The summed E-state index contributed by atoms with van der Waals surface area (Å²) in [5, 5.41) is 46.6. The molecule has 0 spiro atoms. The molecule has 5 aliphatic rings. The molecule has 7 rings (SSSR count). The van der Waals surface area contributed by atoms with E-state index in [1.165, 1.54) is 14.0 Å². The van der Waals surface area contributed by atoms with Crippen molar-refractivity contribution in [3.8, 4) is 5.75 Å². The van der Waals surface area contributed by atoms with E-state index in [0.29, 0.717) is 25.2 Å². The number of nitrogens with two attached hydrogens (primary N) is 5. The van der Waals surface area contributed by atoms with Crippen molar-refractivity contribution in [3.05, 3.63) is 32.9 Å². The number of aliphatic hydroxyl groups excluding tert-OH is 4. The number of pyridine rings is 1. The van der Waals surface area contributed by atoms with Crippen LogP contribution in [0, 0.1) is 19.7 Å². The lowest BCUT2D eigenvalue weighted by molar-refractivity contribution is -0.315. The molecule has 69 heavy (non-hydrogen) atoms. The number of rotatable bonds is 16. The number of anilines is 1. The number of aryl methyl sites for hydroxylation is 1. The van der Waals surface area contributed by atoms with Crippen LogP contribution in [0.4, 0.5) is 10.1 Å². The number of benzene rings is 1. The van der Waals surface area contributed by atoms with Crippen LogP contribution in [0.2, 0.25) is 0 Å². The lowest BCUT2D eigenvalue weighted by Gasteiger charge is -2.47. The van der Waals surface area contributed by atoms with Gasteiger partial charge in [-0.15, -0.1) is 0 Å². The molecule has 1 aromatic carbocycles. The van der Waals surface area contributed by atoms with E-state index < -0.39 is 141 Å². The Hall–Kier alpha value is -4.19. The minimum atomic E-state index is -1.65. The van der Waals surface area contributed by atoms with Crippen molar-refractivity contribution in [2.24, 2.45) is 28.7 Å². The van der Waals surface area contributed by atoms with Crippen molar-refractivity contribution >= 4 is 34.5 Å². The number of esters is 3. The second-order valence-corrected chi connectivity index (χ2v) is 18.6. The van der Waals surface area contributed by atoms with E-state index in [4.69, 9.17) is 66.6 Å². The average molecular weight is 983 g/mol. The third-order valence-corrected chi connectivity index (χ3v) is 13.6. The van der Waals surface area contributed by atoms with Crippen LogP contribution in [-0.4, -0.2) is 181 Å². The number of aromatic nitrogens is 1. The summed E-state index contributed by atoms with van der Waals surface area (Å²) in [6.45, 7) is 5.16. The highest BCUT2D eigenvalue weighted by Crippen LogP contribution is 2.46. The van der Waals surface area contributed by atoms with Crippen LogP contribution in [-0.2, 0) is 42.7 Å². The number of hydrogen-bond donors (Lipinski definition) is 10. The second-order valence-electron chi connectivity index (χ2n) is 18.6. The molecule has 386 valence electrons. The number of methoxy groups -OCH3 is 1. The van der Waals surface area contributed by atoms with E-state index in [1.54, 1.807) is 6.92 Å². The second kappa shape index (κ2) is 22.1. The summed E-state index contributed by atoms with van der Waals surface area (Å²) < 4.78 is 62.9. The number of nitrogens with zero attached hydrogens (tertiary/aromatic N) is 2. The number of halogens is 1. The third kappa shape index (κ3) is 11.0. The van der Waals surface area contributed by atoms with Gasteiger partial charge in [0.05, 0.1) is 55.1 Å². The first kappa shape index (κ1) is 52.6. The third-order valence-electron chi connectivity index (χ3n) is 13.6. The molecule has 0 radical (unpaired) electrons. The quantitative estimate of drug-likeness (QED) is 0.0579. The maximum absolute atomic E-state index is 16.3. The van der Waals surface area contributed by atoms with Gasteiger partial charge in [-0.25, -0.2) is 9.18 Å². The van der Waals surface area contributed by atoms with Gasteiger partial charge in [0.2, 0.25) is 12.2 Å². The van der Waals surface area contributed by atoms with Gasteiger partial charge in [0, 0.05) is 61.6 Å². The zero-order valence-corrected chi connectivity index (χ0v) is 39.1. The Morgan fingerprint density at radius 2 is 1.49 bits per heavy atom. The standard InChI is InChI=1S/C44H67FN8O16/c1-17-14-52(10-9-51-17)34-31(45)18(2)29-33(41(34)62-4)53(20-5-6-20)19(3)30(36(29)58)42(61)65-16-64-28(56)8-7-27(55)63-15-26-35(57)32(50)37(59)44(67-26)69-40-22(48)11-21(47)39(38(40)60)68-43-23(49)12-24(54)25(13-46)66-43/h17,20-26,32,35,37-40,43-44,51,54,57,59-60H,5-16,46-50H2,1-4H3/t17?,21-,22+,23+,24-,25+,26+,32-,35+,37+,38-,39+,40-,43+,44?/m0/s1. The van der Waals surface area contributed by atoms with Crippen molar-refractivity contribution < 1.29 is 77.1 Å². The van der Waals surface area contributed by atoms with E-state index in [1.807, 2.05) is 16.4 Å². The number of hydrogen-bond acceptors (Lipinski definition) is 23. The molecule has 2 aromatic rings. The molecule has 2 aliphatic carbocycles. The number of nitrogens with one attached hydrogen (secondary N) is 1. The summed E-state index contributed by atoms with van der Waals surface area (Å²) in [4.78, 5) is 54.9. The minimum Gasteiger partial charge on any atom is -0.492 e. The first-order chi connectivity index (χ1) is 32.8. The Morgan fingerprint density at radius 1 is 0.855 bits per heavy atom. The highest BCUT2D eigenvalue weighted by Gasteiger charge is 2.51. The molecule has 2 saturated carbocycles. The van der Waals surface area contributed by atoms with Gasteiger partial charge in [-0.05, 0) is 46.5 Å². The van der Waals surface area contributed by atoms with Gasteiger partial charge in [0.15, 0.2) is 24.1 Å². The maximum Gasteiger partial charge on any atom is 0.346 e. The van der Waals surface area contributed by atoms with Crippen molar-refractivity contribution in [2.45, 2.75) is 157 Å². The van der Waals surface area contributed by atoms with Crippen LogP contribution in [0.5, 0.6) is 5.75 Å². The number of ether oxygens (including phenoxy) is 8. The molecule has 2 unspecified atom stereocenters. The molecule has 1 aromatic heterocycles. The topological polar surface area (TPSA) is 373 Å². The van der Waals surface area contributed by atoms with Crippen LogP contribution in [0.15, 0.2) is 4.79 Å². The van der Waals surface area contributed by atoms with Gasteiger partial charge in [0.25, 0.3) is 0 Å². The van der Waals surface area contributed by atoms with E-state index in [2.05, 4.69) is 5.32 Å². The minimum absolute atomic E-state index is 0.0183. The van der Waals surface area contributed by atoms with E-state index in [0.717, 1.165) is 12.8 Å². The number of fused-ring (bicyclic) bond motifs is 1. The summed E-state index contributed by atoms with van der Waals surface area (Å²) in [7, 11) is 1.42. The Kier molecular flexibility index (Phi) is 16.8. The lowest BCUT2D eigenvalue weighted by Crippen LogP contribution is -2.68. The van der Waals surface area contributed by atoms with Crippen molar-refractivity contribution in [1.29, 1.82) is 0 Å². The molecule has 4 heterocycles. The van der Waals surface area contributed by atoms with E-state index >= 15 is 4.39 Å². The van der Waals surface area contributed by atoms with Crippen LogP contribution in [0.1, 0.15) is 73.1 Å². The molecular formula is C44H67FN8O16. The van der Waals surface area contributed by atoms with Gasteiger partial charge in [0.1, 0.15) is 54.5 Å². The molecule has 0 bridgehead atoms. The average Bonchev–Trinajstić information content (AvgIpc) is 4.15. The normalized spacial score (nSPS) is 34.1. The molecule has 5 fully saturated rings. The van der Waals surface area contributed by atoms with Gasteiger partial charge in [-0.3, -0.25) is 14.4 Å². The first-order valence-corrected chi connectivity index (χ1v) is 23.3. The Morgan fingerprint density at radius 3 is 2.12 bits per heavy atom. The number of carbonyl (C=O) groups is 3. The number of carbonyl (C=O) groups excluding carboxylic acids is 3. The Labute approximate surface area is 396 Å². The van der Waals surface area contributed by atoms with Gasteiger partial charge >= 0.3 is 17.9 Å². The van der Waals surface area contributed by atoms with Gasteiger partial charge in [-0.1, -0.05) is 0 Å². The van der Waals surface area contributed by atoms with Crippen LogP contribution in [0.3, 0.4) is 0 Å². The molecule has 24 nitrogen and oxygen atoms in total. The van der Waals surface area contributed by atoms with Gasteiger partial charge < -0.3 is 102 Å². The summed E-state index contributed by atoms with van der Waals surface area (Å²) in [6, 6.07) is -3.90. The molecule has 25 heteroatoms. The Balaban J connectivity index is 0.922. The molecule has 0 amide bonds. The van der Waals surface area contributed by atoms with Crippen molar-refractivity contribution in [1.82, 2.24) is 9.88 Å². The molecule has 15 N–H and O–H groups in total. The summed E-state index contributed by atoms with van der Waals surface area (Å²) >= 11 is 0. The summed E-state index contributed by atoms with van der Waals surface area (Å²) in [5.74, 6) is -3.44. The van der Waals surface area contributed by atoms with Gasteiger partial charge in [-0.2, -0.15) is 0 Å². The predicted octanol–water partition coefficient (Wildman–Crippen LogP) is -3.39. The maximum atomic E-state index is 16.3. The molecule has 3 aliphatic heterocycles. The monoisotopic (exact) mass is 982 g/mol. The fraction of sp³-hybridized carbons (Fsp3) is 0.727. The smallest absolute Gasteiger partial charge is 0.346 e. The number of aliphatic hydroxyl groups is 4. The summed E-state index contributed by atoms with van der Waals surface area (Å²) in [5.41, 5.74) is 30.4. The van der Waals surface area contributed by atoms with Crippen LogP contribution < -0.4 is 49.1 Å². The summed E-state index contributed by atoms with van der Waals surface area (Å²) in [6.07, 6.45) is -12.3. The van der Waals surface area contributed by atoms with E-state index in [-0.39, 0.29) is 65.1 Å². The fourth-order valence-electron chi connectivity index (χ4n) is 9.68. The largest absolute Gasteiger partial charge is 0.492 e. The SMILES string of the molecule is COc1c(N2CCNC(C)C2)c(F)c(C)c2c(=O)c(C(=O)OCOC(=O)CCC(=O)OC[C@H]3OC(O[C@@H]4[C@@H](O)[C@H](O[C@H]5O[C@H](CN)[C@@H](O)C[C@H]5N)[C@@H](N)C[C@H]4N)[C@H](O)[C@@H](N)[C@@H]3O)c(C)n(C3CC3)c12. The lowest BCUT2D eigenvalue weighted by atomic mass is 9.84. The molecule has 3 saturated heterocycles. The van der Waals surface area contributed by atoms with Crippen molar-refractivity contribution in [3.63, 3.8) is 0 Å². The number of piperazine rings is 1. The van der Waals surface area contributed by atoms with Crippen LogP contribution in [0.25, 0.3) is 10.9 Å². The molecular weight excluding hydrogens is 916 g/mol. The molecule has 15 atom stereocenters. The Bertz CT molecular complexity index is 2260.